The van der Waals surface area contributed by atoms with Crippen molar-refractivity contribution in [2.45, 2.75) is 11.4 Å². The van der Waals surface area contributed by atoms with Gasteiger partial charge in [-0.1, -0.05) is 47.5 Å². The van der Waals surface area contributed by atoms with Gasteiger partial charge in [-0.2, -0.15) is 11.3 Å². The van der Waals surface area contributed by atoms with Crippen LogP contribution in [-0.4, -0.2) is 15.2 Å². The number of nitrogens with one attached hydrogen (secondary N) is 1. The minimum absolute atomic E-state index is 0.101. The molecule has 0 aliphatic heterocycles. The van der Waals surface area contributed by atoms with E-state index in [4.69, 9.17) is 33.9 Å². The second kappa shape index (κ2) is 10.3. The molecule has 2 aromatic heterocycles. The SMILES string of the molecule is NC(=NCc1cnc(-c2ccc(Cl)cc2)c(-c2ccc(Cl)cc2)c1)NS(=O)c1ccsc1. The predicted molar refractivity (Wildman–Crippen MR) is 134 cm³/mol. The number of nitrogens with two attached hydrogens (primary N) is 1. The van der Waals surface area contributed by atoms with Crippen LogP contribution in [0.5, 0.6) is 0 Å². The number of rotatable bonds is 6. The average molecular weight is 501 g/mol. The van der Waals surface area contributed by atoms with Crippen LogP contribution in [0, 0.1) is 0 Å². The second-order valence-corrected chi connectivity index (χ2v) is 9.65. The van der Waals surface area contributed by atoms with E-state index in [2.05, 4.69) is 9.71 Å². The fraction of sp³-hybridized carbons (Fsp3) is 0.0435. The highest BCUT2D eigenvalue weighted by atomic mass is 35.5. The van der Waals surface area contributed by atoms with Crippen LogP contribution in [0.2, 0.25) is 10.0 Å². The summed E-state index contributed by atoms with van der Waals surface area (Å²) in [6.45, 7) is 0.286. The molecule has 4 aromatic rings. The van der Waals surface area contributed by atoms with Gasteiger partial charge >= 0.3 is 0 Å². The summed E-state index contributed by atoms with van der Waals surface area (Å²) in [7, 11) is -1.44. The van der Waals surface area contributed by atoms with Crippen LogP contribution in [0.1, 0.15) is 5.56 Å². The number of hydrogen-bond donors (Lipinski definition) is 2. The molecule has 9 heteroatoms. The minimum atomic E-state index is -1.44. The van der Waals surface area contributed by atoms with E-state index >= 15 is 0 Å². The zero-order chi connectivity index (χ0) is 22.5. The zero-order valence-corrected chi connectivity index (χ0v) is 19.8. The van der Waals surface area contributed by atoms with Gasteiger partial charge in [-0.25, -0.2) is 9.20 Å². The molecule has 0 radical (unpaired) electrons. The van der Waals surface area contributed by atoms with E-state index in [-0.39, 0.29) is 12.5 Å². The summed E-state index contributed by atoms with van der Waals surface area (Å²) in [5, 5.41) is 4.98. The van der Waals surface area contributed by atoms with Gasteiger partial charge < -0.3 is 5.73 Å². The van der Waals surface area contributed by atoms with Crippen molar-refractivity contribution in [1.29, 1.82) is 0 Å². The molecule has 0 aliphatic rings. The van der Waals surface area contributed by atoms with Gasteiger partial charge in [0.05, 0.1) is 17.1 Å². The van der Waals surface area contributed by atoms with Crippen LogP contribution >= 0.6 is 34.5 Å². The Balaban J connectivity index is 1.62. The largest absolute Gasteiger partial charge is 0.369 e. The molecule has 0 saturated carbocycles. The lowest BCUT2D eigenvalue weighted by Crippen LogP contribution is -2.33. The Labute approximate surface area is 202 Å². The standard InChI is InChI=1S/C23H18Cl2N4OS2/c24-18-5-1-16(2-6-18)21-11-15(12-27-22(21)17-3-7-19(25)8-4-17)13-28-23(26)29-32(30)20-9-10-31-14-20/h1-12,14H,13H2,(H3,26,28,29). The van der Waals surface area contributed by atoms with Crippen molar-refractivity contribution in [2.24, 2.45) is 10.7 Å². The van der Waals surface area contributed by atoms with Crippen molar-refractivity contribution in [1.82, 2.24) is 9.71 Å². The number of pyridine rings is 1. The van der Waals surface area contributed by atoms with E-state index in [1.54, 1.807) is 17.6 Å². The first-order chi connectivity index (χ1) is 15.5. The van der Waals surface area contributed by atoms with Crippen LogP contribution < -0.4 is 10.5 Å². The maximum Gasteiger partial charge on any atom is 0.201 e. The number of thiophene rings is 1. The number of guanidine groups is 1. The van der Waals surface area contributed by atoms with Crippen LogP contribution in [0.15, 0.2) is 87.5 Å². The average Bonchev–Trinajstić information content (AvgIpc) is 3.34. The third-order valence-electron chi connectivity index (χ3n) is 4.56. The Bertz CT molecular complexity index is 1260. The quantitative estimate of drug-likeness (QED) is 0.255. The van der Waals surface area contributed by atoms with Gasteiger partial charge in [-0.3, -0.25) is 9.71 Å². The Morgan fingerprint density at radius 2 is 1.69 bits per heavy atom. The topological polar surface area (TPSA) is 80.4 Å². The van der Waals surface area contributed by atoms with Gasteiger partial charge in [0.2, 0.25) is 5.96 Å². The predicted octanol–water partition coefficient (Wildman–Crippen LogP) is 5.91. The number of benzene rings is 2. The van der Waals surface area contributed by atoms with E-state index in [0.29, 0.717) is 14.9 Å². The first-order valence-electron chi connectivity index (χ1n) is 9.51. The molecule has 5 nitrogen and oxygen atoms in total. The molecule has 1 unspecified atom stereocenters. The van der Waals surface area contributed by atoms with Gasteiger partial charge in [0.1, 0.15) is 0 Å². The summed E-state index contributed by atoms with van der Waals surface area (Å²) in [6.07, 6.45) is 1.76. The summed E-state index contributed by atoms with van der Waals surface area (Å²) in [6, 6.07) is 18.9. The Hall–Kier alpha value is -2.71. The smallest absolute Gasteiger partial charge is 0.201 e. The number of halogens is 2. The van der Waals surface area contributed by atoms with Crippen molar-refractivity contribution in [2.75, 3.05) is 0 Å². The number of hydrogen-bond acceptors (Lipinski definition) is 4. The van der Waals surface area contributed by atoms with Crippen molar-refractivity contribution in [3.8, 4) is 22.4 Å². The van der Waals surface area contributed by atoms with Crippen LogP contribution in [-0.2, 0) is 17.5 Å². The summed E-state index contributed by atoms with van der Waals surface area (Å²) >= 11 is 13.6. The third-order valence-corrected chi connectivity index (χ3v) is 6.97. The maximum atomic E-state index is 12.2. The highest BCUT2D eigenvalue weighted by Gasteiger charge is 2.11. The molecule has 162 valence electrons. The Morgan fingerprint density at radius 3 is 2.31 bits per heavy atom. The number of aromatic nitrogens is 1. The normalized spacial score (nSPS) is 12.5. The Kier molecular flexibility index (Phi) is 7.22. The summed E-state index contributed by atoms with van der Waals surface area (Å²) in [5.41, 5.74) is 10.5. The van der Waals surface area contributed by atoms with Gasteiger partial charge in [0.15, 0.2) is 11.0 Å². The van der Waals surface area contributed by atoms with Gasteiger partial charge in [0, 0.05) is 32.7 Å². The van der Waals surface area contributed by atoms with E-state index in [1.165, 1.54) is 11.3 Å². The van der Waals surface area contributed by atoms with E-state index in [0.717, 1.165) is 27.9 Å². The van der Waals surface area contributed by atoms with Crippen LogP contribution in [0.3, 0.4) is 0 Å². The molecule has 0 fully saturated rings. The molecule has 1 atom stereocenters. The fourth-order valence-corrected chi connectivity index (χ4v) is 4.94. The fourth-order valence-electron chi connectivity index (χ4n) is 3.00. The first-order valence-corrected chi connectivity index (χ1v) is 12.4. The molecular formula is C23H18Cl2N4OS2. The van der Waals surface area contributed by atoms with Crippen LogP contribution in [0.25, 0.3) is 22.4 Å². The number of nitrogens with zero attached hydrogens (tertiary/aromatic N) is 2. The monoisotopic (exact) mass is 500 g/mol. The van der Waals surface area contributed by atoms with E-state index in [1.807, 2.05) is 60.0 Å². The summed E-state index contributed by atoms with van der Waals surface area (Å²) in [4.78, 5) is 9.67. The third kappa shape index (κ3) is 5.55. The summed E-state index contributed by atoms with van der Waals surface area (Å²) in [5.74, 6) is 0.101. The molecule has 0 amide bonds. The maximum absolute atomic E-state index is 12.2. The summed E-state index contributed by atoms with van der Waals surface area (Å²) < 4.78 is 14.9. The molecule has 0 bridgehead atoms. The number of aliphatic imine (C=N–C) groups is 1. The van der Waals surface area contributed by atoms with Gasteiger partial charge in [-0.05, 0) is 52.9 Å². The molecule has 0 saturated heterocycles. The lowest BCUT2D eigenvalue weighted by atomic mass is 9.98. The lowest BCUT2D eigenvalue weighted by Gasteiger charge is -2.12. The molecule has 2 heterocycles. The molecule has 32 heavy (non-hydrogen) atoms. The van der Waals surface area contributed by atoms with Crippen molar-refractivity contribution >= 4 is 51.5 Å². The first kappa shape index (κ1) is 22.5. The lowest BCUT2D eigenvalue weighted by molar-refractivity contribution is 0.681. The Morgan fingerprint density at radius 1 is 1.03 bits per heavy atom. The van der Waals surface area contributed by atoms with E-state index < -0.39 is 11.0 Å². The van der Waals surface area contributed by atoms with Gasteiger partial charge in [-0.15, -0.1) is 0 Å². The van der Waals surface area contributed by atoms with Crippen LogP contribution in [0.4, 0.5) is 0 Å². The van der Waals surface area contributed by atoms with E-state index in [9.17, 15) is 4.21 Å². The van der Waals surface area contributed by atoms with Crippen molar-refractivity contribution < 1.29 is 4.21 Å². The van der Waals surface area contributed by atoms with Crippen molar-refractivity contribution in [3.05, 3.63) is 93.2 Å². The molecule has 3 N–H and O–H groups in total. The molecule has 4 rings (SSSR count). The molecule has 0 aliphatic carbocycles. The highest BCUT2D eigenvalue weighted by Crippen LogP contribution is 2.32. The van der Waals surface area contributed by atoms with Crippen molar-refractivity contribution in [3.63, 3.8) is 0 Å². The van der Waals surface area contributed by atoms with Gasteiger partial charge in [0.25, 0.3) is 0 Å². The molecular weight excluding hydrogens is 483 g/mol. The zero-order valence-electron chi connectivity index (χ0n) is 16.7. The molecule has 0 spiro atoms. The highest BCUT2D eigenvalue weighted by molar-refractivity contribution is 7.83. The second-order valence-electron chi connectivity index (χ2n) is 6.78. The minimum Gasteiger partial charge on any atom is -0.369 e. The molecule has 2 aromatic carbocycles.